The van der Waals surface area contributed by atoms with Crippen molar-refractivity contribution in [3.63, 3.8) is 0 Å². The monoisotopic (exact) mass is 411 g/mol. The van der Waals surface area contributed by atoms with Crippen LogP contribution < -0.4 is 10.1 Å². The van der Waals surface area contributed by atoms with E-state index in [0.717, 1.165) is 22.7 Å². The summed E-state index contributed by atoms with van der Waals surface area (Å²) in [6.45, 7) is 4.09. The second-order valence-electron chi connectivity index (χ2n) is 7.38. The minimum Gasteiger partial charge on any atom is -0.497 e. The van der Waals surface area contributed by atoms with Gasteiger partial charge >= 0.3 is 0 Å². The van der Waals surface area contributed by atoms with Gasteiger partial charge in [-0.25, -0.2) is 4.98 Å². The molecule has 1 heterocycles. The first-order chi connectivity index (χ1) is 13.9. The minimum absolute atomic E-state index is 0.0499. The smallest absolute Gasteiger partial charge is 0.228 e. The van der Waals surface area contributed by atoms with Crippen molar-refractivity contribution in [1.82, 2.24) is 14.9 Å². The van der Waals surface area contributed by atoms with Crippen LogP contribution in [0.3, 0.4) is 0 Å². The van der Waals surface area contributed by atoms with Gasteiger partial charge in [0.2, 0.25) is 5.91 Å². The van der Waals surface area contributed by atoms with E-state index in [4.69, 9.17) is 16.3 Å². The summed E-state index contributed by atoms with van der Waals surface area (Å²) in [7, 11) is 3.55. The van der Waals surface area contributed by atoms with E-state index in [0.29, 0.717) is 5.02 Å². The molecule has 3 rings (SSSR count). The number of halogens is 1. The van der Waals surface area contributed by atoms with Crippen molar-refractivity contribution in [3.8, 4) is 5.75 Å². The Morgan fingerprint density at radius 1 is 1.07 bits per heavy atom. The minimum atomic E-state index is -0.373. The molecule has 5 nitrogen and oxygen atoms in total. The second-order valence-corrected chi connectivity index (χ2v) is 7.82. The van der Waals surface area contributed by atoms with Gasteiger partial charge in [-0.2, -0.15) is 0 Å². The van der Waals surface area contributed by atoms with Gasteiger partial charge in [0, 0.05) is 24.5 Å². The number of carbonyl (C=O) groups is 1. The summed E-state index contributed by atoms with van der Waals surface area (Å²) in [4.78, 5) is 17.9. The molecule has 0 radical (unpaired) electrons. The van der Waals surface area contributed by atoms with Crippen molar-refractivity contribution in [1.29, 1.82) is 0 Å². The number of nitrogens with one attached hydrogen (secondary N) is 1. The highest BCUT2D eigenvalue weighted by Gasteiger charge is 2.28. The molecule has 2 aromatic carbocycles. The van der Waals surface area contributed by atoms with Gasteiger partial charge < -0.3 is 14.6 Å². The molecule has 2 unspecified atom stereocenters. The van der Waals surface area contributed by atoms with Gasteiger partial charge in [0.25, 0.3) is 0 Å². The summed E-state index contributed by atoms with van der Waals surface area (Å²) >= 11 is 6.03. The first-order valence-corrected chi connectivity index (χ1v) is 9.95. The highest BCUT2D eigenvalue weighted by Crippen LogP contribution is 2.29. The van der Waals surface area contributed by atoms with Gasteiger partial charge in [0.15, 0.2) is 0 Å². The Bertz CT molecular complexity index is 949. The topological polar surface area (TPSA) is 56.1 Å². The number of amides is 1. The molecule has 0 saturated heterocycles. The van der Waals surface area contributed by atoms with Gasteiger partial charge in [-0.05, 0) is 41.3 Å². The Morgan fingerprint density at radius 3 is 2.21 bits per heavy atom. The van der Waals surface area contributed by atoms with E-state index in [-0.39, 0.29) is 23.8 Å². The lowest BCUT2D eigenvalue weighted by Crippen LogP contribution is -2.36. The molecule has 6 heteroatoms. The number of aromatic nitrogens is 2. The second kappa shape index (κ2) is 9.14. The van der Waals surface area contributed by atoms with E-state index in [1.54, 1.807) is 13.3 Å². The molecular weight excluding hydrogens is 386 g/mol. The number of ether oxygens (including phenoxy) is 1. The number of hydrogen-bond acceptors (Lipinski definition) is 3. The number of hydrogen-bond donors (Lipinski definition) is 1. The Hall–Kier alpha value is -2.79. The van der Waals surface area contributed by atoms with E-state index >= 15 is 0 Å². The number of aryl methyl sites for hydroxylation is 1. The van der Waals surface area contributed by atoms with Crippen LogP contribution in [0, 0.1) is 5.92 Å². The van der Waals surface area contributed by atoms with Crippen molar-refractivity contribution >= 4 is 17.5 Å². The number of rotatable bonds is 7. The fourth-order valence-corrected chi connectivity index (χ4v) is 3.62. The van der Waals surface area contributed by atoms with Crippen LogP contribution in [0.2, 0.25) is 5.02 Å². The molecule has 2 atom stereocenters. The van der Waals surface area contributed by atoms with Gasteiger partial charge in [-0.1, -0.05) is 49.7 Å². The number of methoxy groups -OCH3 is 1. The summed E-state index contributed by atoms with van der Waals surface area (Å²) < 4.78 is 7.18. The van der Waals surface area contributed by atoms with E-state index in [1.165, 1.54) is 0 Å². The SMILES string of the molecule is COc1ccc(C(NC(=O)C(c2ccc(Cl)cc2)C(C)C)c2nccn2C)cc1. The summed E-state index contributed by atoms with van der Waals surface area (Å²) in [5.74, 6) is 1.30. The van der Waals surface area contributed by atoms with Crippen LogP contribution in [0.15, 0.2) is 60.9 Å². The first kappa shape index (κ1) is 20.9. The van der Waals surface area contributed by atoms with Crippen LogP contribution in [-0.2, 0) is 11.8 Å². The zero-order valence-corrected chi connectivity index (χ0v) is 17.9. The van der Waals surface area contributed by atoms with E-state index in [9.17, 15) is 4.79 Å². The Kier molecular flexibility index (Phi) is 6.60. The third-order valence-electron chi connectivity index (χ3n) is 5.03. The fourth-order valence-electron chi connectivity index (χ4n) is 3.49. The lowest BCUT2D eigenvalue weighted by molar-refractivity contribution is -0.124. The Balaban J connectivity index is 1.94. The van der Waals surface area contributed by atoms with Gasteiger partial charge in [0.05, 0.1) is 13.0 Å². The summed E-state index contributed by atoms with van der Waals surface area (Å²) in [6.07, 6.45) is 3.61. The molecule has 0 spiro atoms. The van der Waals surface area contributed by atoms with Gasteiger partial charge in [-0.3, -0.25) is 4.79 Å². The van der Waals surface area contributed by atoms with Crippen molar-refractivity contribution < 1.29 is 9.53 Å². The maximum absolute atomic E-state index is 13.4. The van der Waals surface area contributed by atoms with Gasteiger partial charge in [0.1, 0.15) is 17.6 Å². The molecule has 0 aliphatic rings. The van der Waals surface area contributed by atoms with Crippen molar-refractivity contribution in [2.24, 2.45) is 13.0 Å². The maximum atomic E-state index is 13.4. The van der Waals surface area contributed by atoms with Crippen molar-refractivity contribution in [2.45, 2.75) is 25.8 Å². The molecule has 0 aliphatic carbocycles. The summed E-state index contributed by atoms with van der Waals surface area (Å²) in [6, 6.07) is 14.8. The maximum Gasteiger partial charge on any atom is 0.228 e. The predicted octanol–water partition coefficient (Wildman–Crippen LogP) is 4.73. The highest BCUT2D eigenvalue weighted by molar-refractivity contribution is 6.30. The molecule has 0 aliphatic heterocycles. The molecule has 0 saturated carbocycles. The third kappa shape index (κ3) is 4.80. The number of carbonyl (C=O) groups excluding carboxylic acids is 1. The van der Waals surface area contributed by atoms with Gasteiger partial charge in [-0.15, -0.1) is 0 Å². The summed E-state index contributed by atoms with van der Waals surface area (Å²) in [5, 5.41) is 3.87. The molecule has 152 valence electrons. The average molecular weight is 412 g/mol. The van der Waals surface area contributed by atoms with Crippen LogP contribution in [0.5, 0.6) is 5.75 Å². The van der Waals surface area contributed by atoms with Crippen LogP contribution in [0.25, 0.3) is 0 Å². The van der Waals surface area contributed by atoms with Crippen molar-refractivity contribution in [2.75, 3.05) is 7.11 Å². The standard InChI is InChI=1S/C23H26ClN3O2/c1-15(2)20(16-5-9-18(24)10-6-16)23(28)26-21(22-25-13-14-27(22)3)17-7-11-19(29-4)12-8-17/h5-15,20-21H,1-4H3,(H,26,28). The lowest BCUT2D eigenvalue weighted by atomic mass is 9.87. The molecule has 0 bridgehead atoms. The summed E-state index contributed by atoms with van der Waals surface area (Å²) in [5.41, 5.74) is 1.88. The molecule has 1 N–H and O–H groups in total. The Labute approximate surface area is 176 Å². The molecule has 1 amide bonds. The fraction of sp³-hybridized carbons (Fsp3) is 0.304. The van der Waals surface area contributed by atoms with Crippen LogP contribution in [-0.4, -0.2) is 22.6 Å². The van der Waals surface area contributed by atoms with E-state index in [2.05, 4.69) is 10.3 Å². The van der Waals surface area contributed by atoms with Crippen molar-refractivity contribution in [3.05, 3.63) is 82.9 Å². The highest BCUT2D eigenvalue weighted by atomic mass is 35.5. The normalized spacial score (nSPS) is 13.2. The largest absolute Gasteiger partial charge is 0.497 e. The van der Waals surface area contributed by atoms with Crippen LogP contribution in [0.4, 0.5) is 0 Å². The third-order valence-corrected chi connectivity index (χ3v) is 5.28. The zero-order chi connectivity index (χ0) is 21.0. The van der Waals surface area contributed by atoms with E-state index in [1.807, 2.05) is 80.2 Å². The predicted molar refractivity (Wildman–Crippen MR) is 115 cm³/mol. The molecular formula is C23H26ClN3O2. The van der Waals surface area contributed by atoms with Crippen LogP contribution >= 0.6 is 11.6 Å². The number of nitrogens with zero attached hydrogens (tertiary/aromatic N) is 2. The molecule has 29 heavy (non-hydrogen) atoms. The number of imidazole rings is 1. The quantitative estimate of drug-likeness (QED) is 0.611. The van der Waals surface area contributed by atoms with E-state index < -0.39 is 0 Å². The number of benzene rings is 2. The first-order valence-electron chi connectivity index (χ1n) is 9.57. The zero-order valence-electron chi connectivity index (χ0n) is 17.1. The molecule has 3 aromatic rings. The average Bonchev–Trinajstić information content (AvgIpc) is 3.13. The molecule has 0 fully saturated rings. The molecule has 1 aromatic heterocycles. The Morgan fingerprint density at radius 2 is 1.69 bits per heavy atom. The lowest BCUT2D eigenvalue weighted by Gasteiger charge is -2.25. The van der Waals surface area contributed by atoms with Crippen LogP contribution in [0.1, 0.15) is 42.8 Å².